The predicted molar refractivity (Wildman–Crippen MR) is 262 cm³/mol. The quantitative estimate of drug-likeness (QED) is 0.166. The lowest BCUT2D eigenvalue weighted by molar-refractivity contribution is 0.589. The number of rotatable bonds is 4. The number of anilines is 6. The summed E-state index contributed by atoms with van der Waals surface area (Å²) in [5.74, 6) is 0. The van der Waals surface area contributed by atoms with Crippen molar-refractivity contribution in [2.75, 3.05) is 9.80 Å². The molecule has 11 rings (SSSR count). The molecule has 62 heavy (non-hydrogen) atoms. The molecule has 0 bridgehead atoms. The number of benzene rings is 7. The molecule has 4 nitrogen and oxygen atoms in total. The van der Waals surface area contributed by atoms with Crippen molar-refractivity contribution in [3.8, 4) is 22.3 Å². The van der Waals surface area contributed by atoms with E-state index in [-0.39, 0.29) is 17.5 Å². The van der Waals surface area contributed by atoms with Crippen LogP contribution in [0.5, 0.6) is 0 Å². The Morgan fingerprint density at radius 2 is 0.968 bits per heavy atom. The van der Waals surface area contributed by atoms with Crippen LogP contribution in [0.3, 0.4) is 0 Å². The minimum atomic E-state index is -0.0149. The highest BCUT2D eigenvalue weighted by Crippen LogP contribution is 2.48. The lowest BCUT2D eigenvalue weighted by atomic mass is 9.33. The normalized spacial score (nSPS) is 13.5. The van der Waals surface area contributed by atoms with Crippen molar-refractivity contribution in [3.63, 3.8) is 0 Å². The van der Waals surface area contributed by atoms with Gasteiger partial charge < -0.3 is 18.6 Å². The first-order valence-corrected chi connectivity index (χ1v) is 21.9. The van der Waals surface area contributed by atoms with Crippen molar-refractivity contribution < 1.29 is 8.83 Å². The van der Waals surface area contributed by atoms with Gasteiger partial charge in [-0.2, -0.15) is 0 Å². The first-order chi connectivity index (χ1) is 29.7. The molecule has 2 aliphatic heterocycles. The monoisotopic (exact) mass is 806 g/mol. The molecule has 0 atom stereocenters. The molecule has 0 spiro atoms. The molecule has 0 fully saturated rings. The second-order valence-electron chi connectivity index (χ2n) is 19.6. The molecule has 5 heteroatoms. The predicted octanol–water partition coefficient (Wildman–Crippen LogP) is 14.1. The van der Waals surface area contributed by atoms with E-state index in [0.29, 0.717) is 0 Å². The largest absolute Gasteiger partial charge is 0.464 e. The topological polar surface area (TPSA) is 32.8 Å². The fraction of sp³-hybridized carbons (Fsp3) is 0.193. The second-order valence-corrected chi connectivity index (χ2v) is 19.6. The van der Waals surface area contributed by atoms with Gasteiger partial charge >= 0.3 is 0 Å². The molecular formula is C57H51BN2O2. The van der Waals surface area contributed by atoms with E-state index >= 15 is 0 Å². The summed E-state index contributed by atoms with van der Waals surface area (Å²) >= 11 is 0. The first-order valence-electron chi connectivity index (χ1n) is 21.9. The first kappa shape index (κ1) is 38.2. The number of nitrogens with zero attached hydrogens (tertiary/aromatic N) is 2. The zero-order valence-electron chi connectivity index (χ0n) is 37.1. The van der Waals surface area contributed by atoms with Gasteiger partial charge in [-0.25, -0.2) is 0 Å². The zero-order valence-corrected chi connectivity index (χ0v) is 37.1. The molecule has 0 radical (unpaired) electrons. The lowest BCUT2D eigenvalue weighted by Crippen LogP contribution is -2.61. The van der Waals surface area contributed by atoms with E-state index in [4.69, 9.17) is 8.83 Å². The Hall–Kier alpha value is -6.72. The van der Waals surface area contributed by atoms with E-state index in [1.807, 2.05) is 6.07 Å². The van der Waals surface area contributed by atoms with E-state index in [1.165, 1.54) is 83.8 Å². The van der Waals surface area contributed by atoms with Crippen molar-refractivity contribution in [1.29, 1.82) is 0 Å². The van der Waals surface area contributed by atoms with Crippen LogP contribution in [0.4, 0.5) is 34.1 Å². The lowest BCUT2D eigenvalue weighted by Gasteiger charge is -2.45. The summed E-state index contributed by atoms with van der Waals surface area (Å²) < 4.78 is 11.8. The Balaban J connectivity index is 1.22. The van der Waals surface area contributed by atoms with Gasteiger partial charge in [0.05, 0.1) is 18.2 Å². The van der Waals surface area contributed by atoms with Gasteiger partial charge in [-0.1, -0.05) is 114 Å². The van der Waals surface area contributed by atoms with Crippen molar-refractivity contribution in [3.05, 3.63) is 174 Å². The standard InChI is InChI=1S/C57H51BN2O2/c1-34-28-50-54-51(29-34)60(55-35(2)30-40(31-36(55)3)57(7,8)9)49-33-38(43-13-11-15-53-45(43)25-27-62-53)17-23-47(49)58(54)46-22-16-37(42-12-10-14-52-44(42)24-26-61-52)32-48(46)59(50)41-20-18-39(19-21-41)56(4,5)6/h10-33H,1-9H3. The van der Waals surface area contributed by atoms with Gasteiger partial charge in [-0.15, -0.1) is 0 Å². The van der Waals surface area contributed by atoms with Crippen LogP contribution in [0, 0.1) is 20.8 Å². The van der Waals surface area contributed by atoms with Crippen molar-refractivity contribution in [1.82, 2.24) is 0 Å². The molecule has 0 unspecified atom stereocenters. The maximum absolute atomic E-state index is 5.92. The Bertz CT molecular complexity index is 3240. The SMILES string of the molecule is Cc1cc2c3c(c1)N(c1c(C)cc(C(C)(C)C)cc1C)c1cc(-c4cccc5occc45)ccc1B3c1ccc(-c3cccc4occc34)cc1N2c1ccc(C(C)(C)C)cc1. The summed E-state index contributed by atoms with van der Waals surface area (Å²) in [6, 6.07) is 50.1. The highest BCUT2D eigenvalue weighted by molar-refractivity contribution is 7.00. The summed E-state index contributed by atoms with van der Waals surface area (Å²) in [4.78, 5) is 5.12. The molecule has 0 amide bonds. The van der Waals surface area contributed by atoms with Gasteiger partial charge in [-0.05, 0) is 159 Å². The van der Waals surface area contributed by atoms with Crippen LogP contribution < -0.4 is 26.2 Å². The number of aryl methyl sites for hydroxylation is 3. The molecule has 2 aromatic heterocycles. The molecule has 9 aromatic rings. The third-order valence-electron chi connectivity index (χ3n) is 13.4. The summed E-state index contributed by atoms with van der Waals surface area (Å²) in [6.45, 7) is 20.6. The maximum atomic E-state index is 5.92. The third-order valence-corrected chi connectivity index (χ3v) is 13.4. The molecule has 304 valence electrons. The summed E-state index contributed by atoms with van der Waals surface area (Å²) in [7, 11) is 0. The van der Waals surface area contributed by atoms with Gasteiger partial charge in [-0.3, -0.25) is 0 Å². The van der Waals surface area contributed by atoms with E-state index in [1.54, 1.807) is 12.5 Å². The van der Waals surface area contributed by atoms with Crippen LogP contribution in [-0.2, 0) is 10.8 Å². The van der Waals surface area contributed by atoms with E-state index < -0.39 is 0 Å². The molecule has 0 N–H and O–H groups in total. The summed E-state index contributed by atoms with van der Waals surface area (Å²) in [6.07, 6.45) is 3.59. The molecule has 4 heterocycles. The smallest absolute Gasteiger partial charge is 0.252 e. The van der Waals surface area contributed by atoms with Crippen LogP contribution in [0.1, 0.15) is 69.4 Å². The van der Waals surface area contributed by atoms with Crippen LogP contribution in [0.15, 0.2) is 155 Å². The molecule has 7 aromatic carbocycles. The van der Waals surface area contributed by atoms with Gasteiger partial charge in [0.15, 0.2) is 0 Å². The Labute approximate surface area is 365 Å². The Morgan fingerprint density at radius 3 is 1.48 bits per heavy atom. The molecule has 0 aliphatic carbocycles. The number of hydrogen-bond donors (Lipinski definition) is 0. The average Bonchev–Trinajstić information content (AvgIpc) is 3.94. The highest BCUT2D eigenvalue weighted by atomic mass is 16.3. The Kier molecular flexibility index (Phi) is 8.41. The van der Waals surface area contributed by atoms with Gasteiger partial charge in [0.25, 0.3) is 6.71 Å². The van der Waals surface area contributed by atoms with Gasteiger partial charge in [0.1, 0.15) is 11.2 Å². The third kappa shape index (κ3) is 5.89. The number of hydrogen-bond acceptors (Lipinski definition) is 4. The average molecular weight is 807 g/mol. The van der Waals surface area contributed by atoms with Crippen LogP contribution in [0.2, 0.25) is 0 Å². The van der Waals surface area contributed by atoms with Gasteiger partial charge in [0.2, 0.25) is 0 Å². The van der Waals surface area contributed by atoms with Crippen molar-refractivity contribution in [2.45, 2.75) is 73.1 Å². The summed E-state index contributed by atoms with van der Waals surface area (Å²) in [5.41, 5.74) is 24.0. The van der Waals surface area contributed by atoms with Crippen molar-refractivity contribution in [2.24, 2.45) is 0 Å². The molecule has 2 aliphatic rings. The van der Waals surface area contributed by atoms with E-state index in [9.17, 15) is 0 Å². The number of fused-ring (bicyclic) bond motifs is 6. The summed E-state index contributed by atoms with van der Waals surface area (Å²) in [5, 5.41) is 2.23. The number of furan rings is 2. The fourth-order valence-electron chi connectivity index (χ4n) is 10.3. The second kappa shape index (κ2) is 13.6. The molecule has 0 saturated carbocycles. The fourth-order valence-corrected chi connectivity index (χ4v) is 10.3. The van der Waals surface area contributed by atoms with Crippen LogP contribution in [-0.4, -0.2) is 6.71 Å². The van der Waals surface area contributed by atoms with Crippen LogP contribution >= 0.6 is 0 Å². The highest BCUT2D eigenvalue weighted by Gasteiger charge is 2.44. The molecule has 0 saturated heterocycles. The molecular weight excluding hydrogens is 755 g/mol. The van der Waals surface area contributed by atoms with E-state index in [2.05, 4.69) is 200 Å². The minimum absolute atomic E-state index is 0.0149. The minimum Gasteiger partial charge on any atom is -0.464 e. The Morgan fingerprint density at radius 1 is 0.468 bits per heavy atom. The van der Waals surface area contributed by atoms with E-state index in [0.717, 1.165) is 38.8 Å². The zero-order chi connectivity index (χ0) is 42.8. The van der Waals surface area contributed by atoms with Crippen molar-refractivity contribution >= 4 is 79.2 Å². The maximum Gasteiger partial charge on any atom is 0.252 e. The van der Waals surface area contributed by atoms with Gasteiger partial charge in [0, 0.05) is 39.2 Å². The van der Waals surface area contributed by atoms with Crippen LogP contribution in [0.25, 0.3) is 44.2 Å².